The Hall–Kier alpha value is -0.130. The average molecular weight is 277 g/mol. The monoisotopic (exact) mass is 277 g/mol. The van der Waals surface area contributed by atoms with E-state index < -0.39 is 10.0 Å². The molecule has 0 aliphatic heterocycles. The molecule has 0 saturated heterocycles. The molecule has 0 aromatic heterocycles. The van der Waals surface area contributed by atoms with Crippen molar-refractivity contribution in [1.82, 2.24) is 0 Å². The molecule has 1 fully saturated rings. The average Bonchev–Trinajstić information content (AvgIpc) is 2.38. The Balaban J connectivity index is 2.78. The minimum atomic E-state index is -3.45. The molecule has 5 heteroatoms. The lowest BCUT2D eigenvalue weighted by Gasteiger charge is -2.34. The maximum Gasteiger partial charge on any atom is 0.209 e. The Bertz CT molecular complexity index is 349. The largest absolute Gasteiger partial charge is 0.375 e. The Morgan fingerprint density at radius 1 is 1.11 bits per heavy atom. The molecular formula is C13H27NO3S. The van der Waals surface area contributed by atoms with E-state index in [0.717, 1.165) is 25.7 Å². The van der Waals surface area contributed by atoms with Crippen molar-refractivity contribution in [3.8, 4) is 0 Å². The Morgan fingerprint density at radius 2 is 1.61 bits per heavy atom. The van der Waals surface area contributed by atoms with Gasteiger partial charge in [-0.15, -0.1) is 0 Å². The van der Waals surface area contributed by atoms with Gasteiger partial charge in [-0.1, -0.05) is 25.7 Å². The van der Waals surface area contributed by atoms with Crippen LogP contribution in [0.25, 0.3) is 0 Å². The minimum Gasteiger partial charge on any atom is -0.375 e. The van der Waals surface area contributed by atoms with Gasteiger partial charge >= 0.3 is 0 Å². The van der Waals surface area contributed by atoms with Crippen molar-refractivity contribution < 1.29 is 13.2 Å². The highest BCUT2D eigenvalue weighted by Crippen LogP contribution is 2.37. The fourth-order valence-electron chi connectivity index (χ4n) is 2.61. The predicted molar refractivity (Wildman–Crippen MR) is 73.8 cm³/mol. The van der Waals surface area contributed by atoms with E-state index in [1.807, 2.05) is 20.8 Å². The number of ether oxygens (including phenoxy) is 1. The molecule has 1 aliphatic carbocycles. The molecule has 2 N–H and O–H groups in total. The molecule has 0 atom stereocenters. The highest BCUT2D eigenvalue weighted by molar-refractivity contribution is 7.89. The molecule has 0 heterocycles. The van der Waals surface area contributed by atoms with Crippen molar-refractivity contribution in [2.75, 3.05) is 12.4 Å². The zero-order chi connectivity index (χ0) is 13.9. The molecule has 0 aromatic rings. The number of hydrogen-bond donors (Lipinski definition) is 1. The molecule has 0 unspecified atom stereocenters. The summed E-state index contributed by atoms with van der Waals surface area (Å²) in [5.41, 5.74) is -0.519. The van der Waals surface area contributed by atoms with E-state index in [-0.39, 0.29) is 16.8 Å². The summed E-state index contributed by atoms with van der Waals surface area (Å²) in [7, 11) is -3.45. The molecule has 0 bridgehead atoms. The molecule has 1 saturated carbocycles. The van der Waals surface area contributed by atoms with Gasteiger partial charge in [0.2, 0.25) is 10.0 Å². The van der Waals surface area contributed by atoms with Crippen LogP contribution in [0.2, 0.25) is 0 Å². The molecule has 0 aromatic carbocycles. The van der Waals surface area contributed by atoms with Crippen molar-refractivity contribution in [1.29, 1.82) is 0 Å². The van der Waals surface area contributed by atoms with E-state index >= 15 is 0 Å². The smallest absolute Gasteiger partial charge is 0.209 e. The van der Waals surface area contributed by atoms with Gasteiger partial charge in [-0.2, -0.15) is 0 Å². The SMILES string of the molecule is CC(C)(C)OCC1(CS(N)(=O)=O)CCCCCC1. The van der Waals surface area contributed by atoms with Gasteiger partial charge in [-0.05, 0) is 33.6 Å². The fraction of sp³-hybridized carbons (Fsp3) is 1.00. The molecule has 108 valence electrons. The molecule has 18 heavy (non-hydrogen) atoms. The Morgan fingerprint density at radius 3 is 2.00 bits per heavy atom. The summed E-state index contributed by atoms with van der Waals surface area (Å²) < 4.78 is 28.8. The first-order chi connectivity index (χ1) is 8.12. The van der Waals surface area contributed by atoms with Gasteiger partial charge < -0.3 is 4.74 Å². The van der Waals surface area contributed by atoms with E-state index in [0.29, 0.717) is 6.61 Å². The zero-order valence-corrected chi connectivity index (χ0v) is 12.7. The number of rotatable bonds is 4. The standard InChI is InChI=1S/C13H27NO3S/c1-12(2,3)17-10-13(11-18(14,15)16)8-6-4-5-7-9-13/h4-11H2,1-3H3,(H2,14,15,16). The van der Waals surface area contributed by atoms with Crippen molar-refractivity contribution in [3.05, 3.63) is 0 Å². The molecule has 0 amide bonds. The summed E-state index contributed by atoms with van der Waals surface area (Å²) in [4.78, 5) is 0. The van der Waals surface area contributed by atoms with Crippen LogP contribution in [0.5, 0.6) is 0 Å². The number of nitrogens with two attached hydrogens (primary N) is 1. The van der Waals surface area contributed by atoms with Crippen LogP contribution in [0, 0.1) is 5.41 Å². The first-order valence-corrected chi connectivity index (χ1v) is 8.48. The number of hydrogen-bond acceptors (Lipinski definition) is 3. The van der Waals surface area contributed by atoms with E-state index in [1.54, 1.807) is 0 Å². The van der Waals surface area contributed by atoms with Gasteiger partial charge in [-0.3, -0.25) is 0 Å². The second-order valence-corrected chi connectivity index (χ2v) is 8.24. The van der Waals surface area contributed by atoms with Crippen molar-refractivity contribution in [3.63, 3.8) is 0 Å². The second-order valence-electron chi connectivity index (χ2n) is 6.62. The van der Waals surface area contributed by atoms with Crippen LogP contribution in [0.1, 0.15) is 59.3 Å². The number of sulfonamides is 1. The topological polar surface area (TPSA) is 69.4 Å². The van der Waals surface area contributed by atoms with Crippen molar-refractivity contribution >= 4 is 10.0 Å². The van der Waals surface area contributed by atoms with Crippen LogP contribution < -0.4 is 5.14 Å². The lowest BCUT2D eigenvalue weighted by atomic mass is 9.83. The molecular weight excluding hydrogens is 250 g/mol. The zero-order valence-electron chi connectivity index (χ0n) is 11.9. The third-order valence-corrected chi connectivity index (χ3v) is 4.50. The third-order valence-electron chi connectivity index (χ3n) is 3.48. The predicted octanol–water partition coefficient (Wildman–Crippen LogP) is 2.43. The van der Waals surface area contributed by atoms with Gasteiger partial charge in [0.05, 0.1) is 18.0 Å². The van der Waals surface area contributed by atoms with Gasteiger partial charge in [0.25, 0.3) is 0 Å². The highest BCUT2D eigenvalue weighted by atomic mass is 32.2. The lowest BCUT2D eigenvalue weighted by Crippen LogP contribution is -2.39. The van der Waals surface area contributed by atoms with Crippen LogP contribution in [-0.4, -0.2) is 26.4 Å². The summed E-state index contributed by atoms with van der Waals surface area (Å²) >= 11 is 0. The van der Waals surface area contributed by atoms with Crippen LogP contribution in [0.15, 0.2) is 0 Å². The summed E-state index contributed by atoms with van der Waals surface area (Å²) in [6.45, 7) is 6.48. The quantitative estimate of drug-likeness (QED) is 0.802. The second kappa shape index (κ2) is 5.88. The van der Waals surface area contributed by atoms with Gasteiger partial charge in [-0.25, -0.2) is 13.6 Å². The van der Waals surface area contributed by atoms with Gasteiger partial charge in [0, 0.05) is 5.41 Å². The Labute approximate surface area is 111 Å². The maximum atomic E-state index is 11.5. The number of primary sulfonamides is 1. The minimum absolute atomic E-state index is 0.0517. The molecule has 0 spiro atoms. The van der Waals surface area contributed by atoms with E-state index in [1.165, 1.54) is 12.8 Å². The highest BCUT2D eigenvalue weighted by Gasteiger charge is 2.36. The molecule has 1 rings (SSSR count). The van der Waals surface area contributed by atoms with Crippen molar-refractivity contribution in [2.45, 2.75) is 64.9 Å². The summed E-state index contributed by atoms with van der Waals surface area (Å²) in [6.07, 6.45) is 6.31. The van der Waals surface area contributed by atoms with E-state index in [2.05, 4.69) is 0 Å². The van der Waals surface area contributed by atoms with Crippen LogP contribution in [0.4, 0.5) is 0 Å². The lowest BCUT2D eigenvalue weighted by molar-refractivity contribution is -0.0506. The first kappa shape index (κ1) is 15.9. The normalized spacial score (nSPS) is 21.6. The van der Waals surface area contributed by atoms with E-state index in [9.17, 15) is 8.42 Å². The van der Waals surface area contributed by atoms with Crippen LogP contribution >= 0.6 is 0 Å². The fourth-order valence-corrected chi connectivity index (χ4v) is 3.83. The Kier molecular flexibility index (Phi) is 5.21. The van der Waals surface area contributed by atoms with Crippen LogP contribution in [-0.2, 0) is 14.8 Å². The summed E-state index contributed by atoms with van der Waals surface area (Å²) in [5.74, 6) is 0.0517. The molecule has 4 nitrogen and oxygen atoms in total. The van der Waals surface area contributed by atoms with Gasteiger partial charge in [0.1, 0.15) is 0 Å². The summed E-state index contributed by atoms with van der Waals surface area (Å²) in [5, 5.41) is 5.26. The molecule has 0 radical (unpaired) electrons. The first-order valence-electron chi connectivity index (χ1n) is 6.76. The maximum absolute atomic E-state index is 11.5. The van der Waals surface area contributed by atoms with Crippen molar-refractivity contribution in [2.24, 2.45) is 10.6 Å². The third kappa shape index (κ3) is 6.16. The summed E-state index contributed by atoms with van der Waals surface area (Å²) in [6, 6.07) is 0. The molecule has 1 aliphatic rings. The van der Waals surface area contributed by atoms with Crippen LogP contribution in [0.3, 0.4) is 0 Å². The van der Waals surface area contributed by atoms with E-state index in [4.69, 9.17) is 9.88 Å². The van der Waals surface area contributed by atoms with Gasteiger partial charge in [0.15, 0.2) is 0 Å².